The molecule has 7 atom stereocenters. The average Bonchev–Trinajstić information content (AvgIpc) is 3.34. The second kappa shape index (κ2) is 47.7. The summed E-state index contributed by atoms with van der Waals surface area (Å²) < 4.78 is 16.6. The van der Waals surface area contributed by atoms with Crippen LogP contribution in [0.1, 0.15) is 232 Å². The molecule has 1 fully saturated rings. The first kappa shape index (κ1) is 64.4. The van der Waals surface area contributed by atoms with E-state index in [0.717, 1.165) is 109 Å². The molecule has 0 spiro atoms. The first-order valence-electron chi connectivity index (χ1n) is 28.1. The van der Waals surface area contributed by atoms with Crippen molar-refractivity contribution in [2.24, 2.45) is 0 Å². The van der Waals surface area contributed by atoms with Gasteiger partial charge in [0, 0.05) is 12.8 Å². The summed E-state index contributed by atoms with van der Waals surface area (Å²) in [6.07, 6.45) is 50.3. The topological polar surface area (TPSA) is 175 Å². The fourth-order valence-electron chi connectivity index (χ4n) is 8.34. The van der Waals surface area contributed by atoms with E-state index in [9.17, 15) is 35.1 Å². The number of aliphatic hydroxyl groups excluding tert-OH is 5. The zero-order valence-electron chi connectivity index (χ0n) is 43.8. The van der Waals surface area contributed by atoms with Crippen LogP contribution in [0.4, 0.5) is 0 Å². The molecule has 1 saturated heterocycles. The van der Waals surface area contributed by atoms with Gasteiger partial charge in [-0.25, -0.2) is 0 Å². The molecule has 400 valence electrons. The van der Waals surface area contributed by atoms with Gasteiger partial charge in [0.2, 0.25) is 5.91 Å². The van der Waals surface area contributed by atoms with E-state index < -0.39 is 49.5 Å². The van der Waals surface area contributed by atoms with Gasteiger partial charge < -0.3 is 45.1 Å². The Morgan fingerprint density at radius 3 is 1.58 bits per heavy atom. The quantitative estimate of drug-likeness (QED) is 0.0149. The van der Waals surface area contributed by atoms with Crippen molar-refractivity contribution in [3.05, 3.63) is 60.8 Å². The number of esters is 1. The minimum absolute atomic E-state index is 0.0499. The molecular formula is C58H103NO10. The van der Waals surface area contributed by atoms with Crippen LogP contribution in [0, 0.1) is 0 Å². The third-order valence-corrected chi connectivity index (χ3v) is 12.9. The van der Waals surface area contributed by atoms with E-state index in [4.69, 9.17) is 14.2 Å². The lowest BCUT2D eigenvalue weighted by molar-refractivity contribution is -0.302. The Bertz CT molecular complexity index is 1330. The van der Waals surface area contributed by atoms with Gasteiger partial charge in [-0.2, -0.15) is 0 Å². The summed E-state index contributed by atoms with van der Waals surface area (Å²) in [5.74, 6) is -0.259. The van der Waals surface area contributed by atoms with Crippen LogP contribution in [-0.2, 0) is 23.8 Å². The van der Waals surface area contributed by atoms with Gasteiger partial charge in [-0.05, 0) is 96.3 Å². The SMILES string of the molecule is CCCCC/C=C\C/C=C\CCCCCCCCCC(=O)OCCCCC/C=C\C=C/CCCCCCCCC(=O)NC(COC1OC(CO)C(O)C(O)C1O)C(O)/C=C/CCCCCCCCC. The Hall–Kier alpha value is -2.64. The van der Waals surface area contributed by atoms with Gasteiger partial charge in [0.15, 0.2) is 6.29 Å². The Balaban J connectivity index is 2.10. The highest BCUT2D eigenvalue weighted by atomic mass is 16.7. The van der Waals surface area contributed by atoms with E-state index in [0.29, 0.717) is 19.4 Å². The maximum atomic E-state index is 13.0. The molecule has 0 aromatic carbocycles. The molecule has 1 amide bonds. The second-order valence-electron chi connectivity index (χ2n) is 19.3. The number of unbranched alkanes of at least 4 members (excludes halogenated alkanes) is 26. The van der Waals surface area contributed by atoms with Gasteiger partial charge >= 0.3 is 5.97 Å². The molecule has 7 unspecified atom stereocenters. The Kier molecular flexibility index (Phi) is 44.5. The van der Waals surface area contributed by atoms with Crippen molar-refractivity contribution >= 4 is 11.9 Å². The molecule has 0 aromatic rings. The molecular weight excluding hydrogens is 871 g/mol. The lowest BCUT2D eigenvalue weighted by atomic mass is 9.99. The zero-order valence-corrected chi connectivity index (χ0v) is 43.8. The van der Waals surface area contributed by atoms with Crippen molar-refractivity contribution in [1.29, 1.82) is 0 Å². The Morgan fingerprint density at radius 2 is 1.01 bits per heavy atom. The van der Waals surface area contributed by atoms with Crippen LogP contribution >= 0.6 is 0 Å². The van der Waals surface area contributed by atoms with Gasteiger partial charge in [-0.1, -0.05) is 184 Å². The van der Waals surface area contributed by atoms with E-state index >= 15 is 0 Å². The lowest BCUT2D eigenvalue weighted by Crippen LogP contribution is -2.60. The Morgan fingerprint density at radius 1 is 0.551 bits per heavy atom. The maximum absolute atomic E-state index is 13.0. The monoisotopic (exact) mass is 974 g/mol. The molecule has 11 nitrogen and oxygen atoms in total. The van der Waals surface area contributed by atoms with Crippen molar-refractivity contribution in [3.8, 4) is 0 Å². The number of allylic oxidation sites excluding steroid dienone is 9. The second-order valence-corrected chi connectivity index (χ2v) is 19.3. The predicted molar refractivity (Wildman–Crippen MR) is 283 cm³/mol. The molecule has 0 saturated carbocycles. The number of carbonyl (C=O) groups is 2. The van der Waals surface area contributed by atoms with Crippen LogP contribution in [-0.4, -0.2) is 100 Å². The van der Waals surface area contributed by atoms with E-state index in [1.807, 2.05) is 6.08 Å². The molecule has 11 heteroatoms. The summed E-state index contributed by atoms with van der Waals surface area (Å²) in [6.45, 7) is 4.19. The number of hydrogen-bond acceptors (Lipinski definition) is 10. The van der Waals surface area contributed by atoms with E-state index in [1.165, 1.54) is 96.3 Å². The molecule has 0 radical (unpaired) electrons. The van der Waals surface area contributed by atoms with Crippen LogP contribution in [0.15, 0.2) is 60.8 Å². The largest absolute Gasteiger partial charge is 0.466 e. The summed E-state index contributed by atoms with van der Waals surface area (Å²) >= 11 is 0. The molecule has 0 aliphatic carbocycles. The molecule has 6 N–H and O–H groups in total. The lowest BCUT2D eigenvalue weighted by Gasteiger charge is -2.40. The van der Waals surface area contributed by atoms with Gasteiger partial charge in [0.05, 0.1) is 32.0 Å². The summed E-state index contributed by atoms with van der Waals surface area (Å²) in [5.41, 5.74) is 0. The summed E-state index contributed by atoms with van der Waals surface area (Å²) in [4.78, 5) is 25.0. The highest BCUT2D eigenvalue weighted by Crippen LogP contribution is 2.23. The van der Waals surface area contributed by atoms with Crippen LogP contribution in [0.5, 0.6) is 0 Å². The van der Waals surface area contributed by atoms with Crippen molar-refractivity contribution in [1.82, 2.24) is 5.32 Å². The number of rotatable bonds is 47. The smallest absolute Gasteiger partial charge is 0.305 e. The fourth-order valence-corrected chi connectivity index (χ4v) is 8.34. The third kappa shape index (κ3) is 37.8. The predicted octanol–water partition coefficient (Wildman–Crippen LogP) is 12.3. The highest BCUT2D eigenvalue weighted by Gasteiger charge is 2.44. The first-order chi connectivity index (χ1) is 33.7. The fraction of sp³-hybridized carbons (Fsp3) is 0.793. The van der Waals surface area contributed by atoms with E-state index in [-0.39, 0.29) is 18.5 Å². The van der Waals surface area contributed by atoms with Crippen LogP contribution in [0.3, 0.4) is 0 Å². The number of nitrogens with one attached hydrogen (secondary N) is 1. The molecule has 1 rings (SSSR count). The van der Waals surface area contributed by atoms with Gasteiger partial charge in [0.25, 0.3) is 0 Å². The maximum Gasteiger partial charge on any atom is 0.305 e. The zero-order chi connectivity index (χ0) is 50.3. The molecule has 1 heterocycles. The van der Waals surface area contributed by atoms with Gasteiger partial charge in [-0.15, -0.1) is 0 Å². The molecule has 1 aliphatic rings. The normalized spacial score (nSPS) is 19.8. The molecule has 0 aromatic heterocycles. The third-order valence-electron chi connectivity index (χ3n) is 12.9. The summed E-state index contributed by atoms with van der Waals surface area (Å²) in [5, 5.41) is 54.1. The average molecular weight is 974 g/mol. The molecule has 69 heavy (non-hydrogen) atoms. The number of hydrogen-bond donors (Lipinski definition) is 6. The number of aliphatic hydroxyl groups is 5. The minimum Gasteiger partial charge on any atom is -0.466 e. The van der Waals surface area contributed by atoms with Gasteiger partial charge in [-0.3, -0.25) is 9.59 Å². The first-order valence-corrected chi connectivity index (χ1v) is 28.1. The number of amides is 1. The Labute approximate surface area is 420 Å². The van der Waals surface area contributed by atoms with Crippen molar-refractivity contribution < 1.29 is 49.3 Å². The van der Waals surface area contributed by atoms with Crippen LogP contribution < -0.4 is 5.32 Å². The van der Waals surface area contributed by atoms with Crippen LogP contribution in [0.25, 0.3) is 0 Å². The van der Waals surface area contributed by atoms with Crippen molar-refractivity contribution in [2.45, 2.75) is 275 Å². The summed E-state index contributed by atoms with van der Waals surface area (Å²) in [7, 11) is 0. The van der Waals surface area contributed by atoms with E-state index in [2.05, 4.69) is 67.8 Å². The van der Waals surface area contributed by atoms with Crippen molar-refractivity contribution in [3.63, 3.8) is 0 Å². The van der Waals surface area contributed by atoms with Crippen LogP contribution in [0.2, 0.25) is 0 Å². The minimum atomic E-state index is -1.58. The van der Waals surface area contributed by atoms with Gasteiger partial charge in [0.1, 0.15) is 24.4 Å². The van der Waals surface area contributed by atoms with Crippen molar-refractivity contribution in [2.75, 3.05) is 19.8 Å². The summed E-state index contributed by atoms with van der Waals surface area (Å²) in [6, 6.07) is -0.827. The number of carbonyl (C=O) groups excluding carboxylic acids is 2. The number of ether oxygens (including phenoxy) is 3. The van der Waals surface area contributed by atoms with E-state index in [1.54, 1.807) is 6.08 Å². The highest BCUT2D eigenvalue weighted by molar-refractivity contribution is 5.76. The molecule has 0 bridgehead atoms. The standard InChI is InChI=1S/C58H103NO10/c1-3-5-7-9-11-13-14-15-16-17-20-23-26-30-34-38-42-46-54(63)67-47-43-39-35-31-27-24-21-18-19-22-25-29-33-37-41-45-53(62)59-50(51(61)44-40-36-32-28-12-10-8-6-4-2)49-68-58-57(66)56(65)55(64)52(48-60)69-58/h11,13,15-16,18,21,24,27,40,44,50-52,55-58,60-61,64-66H,3-10,12,14,17,19-20,22-23,25-26,28-39,41-43,45-49H2,1-2H3,(H,59,62)/b13-11-,16-15-,21-18-,27-24-,44-40+. The molecule has 1 aliphatic heterocycles.